The first-order valence-electron chi connectivity index (χ1n) is 5.19. The second-order valence-electron chi connectivity index (χ2n) is 3.91. The van der Waals surface area contributed by atoms with Gasteiger partial charge in [0.1, 0.15) is 0 Å². The lowest BCUT2D eigenvalue weighted by molar-refractivity contribution is 0.0599. The van der Waals surface area contributed by atoms with Gasteiger partial charge in [0, 0.05) is 11.7 Å². The van der Waals surface area contributed by atoms with Crippen molar-refractivity contribution in [3.05, 3.63) is 29.3 Å². The highest BCUT2D eigenvalue weighted by atomic mass is 16.5. The van der Waals surface area contributed by atoms with Crippen molar-refractivity contribution in [1.29, 1.82) is 0 Å². The van der Waals surface area contributed by atoms with Crippen LogP contribution in [-0.4, -0.2) is 19.1 Å². The molecule has 0 saturated carbocycles. The van der Waals surface area contributed by atoms with Gasteiger partial charge in [-0.1, -0.05) is 6.07 Å². The highest BCUT2D eigenvalue weighted by molar-refractivity contribution is 5.93. The lowest BCUT2D eigenvalue weighted by atomic mass is 9.94. The normalized spacial score (nSPS) is 18.9. The second-order valence-corrected chi connectivity index (χ2v) is 3.91. The van der Waals surface area contributed by atoms with E-state index in [0.29, 0.717) is 11.6 Å². The Labute approximate surface area is 89.4 Å². The Bertz CT molecular complexity index is 387. The number of hydrogen-bond donors (Lipinski definition) is 1. The number of nitrogens with one attached hydrogen (secondary N) is 1. The minimum Gasteiger partial charge on any atom is -0.465 e. The van der Waals surface area contributed by atoms with E-state index in [9.17, 15) is 4.79 Å². The van der Waals surface area contributed by atoms with Crippen LogP contribution in [0, 0.1) is 0 Å². The maximum atomic E-state index is 11.5. The fourth-order valence-corrected chi connectivity index (χ4v) is 1.99. The first kappa shape index (κ1) is 10.0. The molecule has 1 atom stereocenters. The number of carbonyl (C=O) groups is 1. The molecule has 1 aromatic rings. The highest BCUT2D eigenvalue weighted by Crippen LogP contribution is 2.27. The van der Waals surface area contributed by atoms with Gasteiger partial charge in [-0.2, -0.15) is 0 Å². The van der Waals surface area contributed by atoms with Crippen molar-refractivity contribution >= 4 is 11.7 Å². The quantitative estimate of drug-likeness (QED) is 0.714. The zero-order valence-corrected chi connectivity index (χ0v) is 9.04. The minimum absolute atomic E-state index is 0.247. The maximum absolute atomic E-state index is 11.5. The molecule has 0 fully saturated rings. The number of methoxy groups -OCH3 is 1. The van der Waals surface area contributed by atoms with E-state index < -0.39 is 0 Å². The third-order valence-corrected chi connectivity index (χ3v) is 2.81. The van der Waals surface area contributed by atoms with Crippen LogP contribution in [-0.2, 0) is 11.2 Å². The summed E-state index contributed by atoms with van der Waals surface area (Å²) in [6.45, 7) is 2.15. The van der Waals surface area contributed by atoms with Crippen molar-refractivity contribution in [2.75, 3.05) is 12.4 Å². The zero-order valence-electron chi connectivity index (χ0n) is 9.04. The van der Waals surface area contributed by atoms with E-state index in [2.05, 4.69) is 12.2 Å². The number of carbonyl (C=O) groups excluding carboxylic acids is 1. The van der Waals surface area contributed by atoms with E-state index >= 15 is 0 Å². The third-order valence-electron chi connectivity index (χ3n) is 2.81. The number of hydrogen-bond acceptors (Lipinski definition) is 3. The predicted molar refractivity (Wildman–Crippen MR) is 59.2 cm³/mol. The molecule has 15 heavy (non-hydrogen) atoms. The number of anilines is 1. The molecule has 0 saturated heterocycles. The standard InChI is InChI=1S/C12H15NO2/c1-8-6-7-9-10(12(14)15-2)4-3-5-11(9)13-8/h3-5,8,13H,6-7H2,1-2H3. The van der Waals surface area contributed by atoms with Crippen LogP contribution in [0.15, 0.2) is 18.2 Å². The van der Waals surface area contributed by atoms with Crippen molar-refractivity contribution in [2.24, 2.45) is 0 Å². The summed E-state index contributed by atoms with van der Waals surface area (Å²) in [5.41, 5.74) is 2.84. The molecular formula is C12H15NO2. The Kier molecular flexibility index (Phi) is 2.62. The zero-order chi connectivity index (χ0) is 10.8. The van der Waals surface area contributed by atoms with Gasteiger partial charge in [0.2, 0.25) is 0 Å². The van der Waals surface area contributed by atoms with Crippen molar-refractivity contribution < 1.29 is 9.53 Å². The molecule has 2 rings (SSSR count). The number of ether oxygens (including phenoxy) is 1. The Morgan fingerprint density at radius 1 is 1.53 bits per heavy atom. The average Bonchev–Trinajstić information content (AvgIpc) is 2.26. The van der Waals surface area contributed by atoms with Crippen LogP contribution < -0.4 is 5.32 Å². The van der Waals surface area contributed by atoms with E-state index in [0.717, 1.165) is 24.1 Å². The molecule has 1 aromatic carbocycles. The van der Waals surface area contributed by atoms with E-state index in [4.69, 9.17) is 4.74 Å². The van der Waals surface area contributed by atoms with Gasteiger partial charge in [0.05, 0.1) is 12.7 Å². The van der Waals surface area contributed by atoms with Gasteiger partial charge in [-0.25, -0.2) is 4.79 Å². The maximum Gasteiger partial charge on any atom is 0.338 e. The second kappa shape index (κ2) is 3.93. The van der Waals surface area contributed by atoms with E-state index in [1.165, 1.54) is 7.11 Å². The van der Waals surface area contributed by atoms with Gasteiger partial charge < -0.3 is 10.1 Å². The SMILES string of the molecule is COC(=O)c1cccc2c1CCC(C)N2. The molecule has 0 aliphatic carbocycles. The van der Waals surface area contributed by atoms with Gasteiger partial charge in [-0.3, -0.25) is 0 Å². The first-order chi connectivity index (χ1) is 7.22. The molecule has 3 heteroatoms. The summed E-state index contributed by atoms with van der Waals surface area (Å²) in [7, 11) is 1.42. The lowest BCUT2D eigenvalue weighted by Gasteiger charge is -2.25. The van der Waals surface area contributed by atoms with Gasteiger partial charge >= 0.3 is 5.97 Å². The minimum atomic E-state index is -0.247. The number of esters is 1. The monoisotopic (exact) mass is 205 g/mol. The van der Waals surface area contributed by atoms with E-state index in [1.807, 2.05) is 18.2 Å². The summed E-state index contributed by atoms with van der Waals surface area (Å²) in [6, 6.07) is 6.20. The van der Waals surface area contributed by atoms with Crippen molar-refractivity contribution in [2.45, 2.75) is 25.8 Å². The number of rotatable bonds is 1. The van der Waals surface area contributed by atoms with Crippen LogP contribution in [0.3, 0.4) is 0 Å². The number of benzene rings is 1. The van der Waals surface area contributed by atoms with Crippen LogP contribution >= 0.6 is 0 Å². The molecule has 1 N–H and O–H groups in total. The summed E-state index contributed by atoms with van der Waals surface area (Å²) in [5, 5.41) is 3.37. The Morgan fingerprint density at radius 2 is 2.33 bits per heavy atom. The van der Waals surface area contributed by atoms with Crippen LogP contribution in [0.25, 0.3) is 0 Å². The van der Waals surface area contributed by atoms with Crippen LogP contribution in [0.1, 0.15) is 29.3 Å². The lowest BCUT2D eigenvalue weighted by Crippen LogP contribution is -2.23. The molecule has 80 valence electrons. The Balaban J connectivity index is 2.42. The molecule has 1 unspecified atom stereocenters. The van der Waals surface area contributed by atoms with Crippen molar-refractivity contribution in [1.82, 2.24) is 0 Å². The molecular weight excluding hydrogens is 190 g/mol. The summed E-state index contributed by atoms with van der Waals surface area (Å²) in [6.07, 6.45) is 2.00. The van der Waals surface area contributed by atoms with Gasteiger partial charge in [0.15, 0.2) is 0 Å². The van der Waals surface area contributed by atoms with Crippen LogP contribution in [0.5, 0.6) is 0 Å². The average molecular weight is 205 g/mol. The highest BCUT2D eigenvalue weighted by Gasteiger charge is 2.20. The summed E-state index contributed by atoms with van der Waals surface area (Å²) < 4.78 is 4.76. The Hall–Kier alpha value is -1.51. The molecule has 1 heterocycles. The molecule has 0 amide bonds. The first-order valence-corrected chi connectivity index (χ1v) is 5.19. The summed E-state index contributed by atoms with van der Waals surface area (Å²) in [5.74, 6) is -0.247. The Morgan fingerprint density at radius 3 is 3.07 bits per heavy atom. The smallest absolute Gasteiger partial charge is 0.338 e. The van der Waals surface area contributed by atoms with E-state index in [1.54, 1.807) is 0 Å². The fourth-order valence-electron chi connectivity index (χ4n) is 1.99. The molecule has 0 spiro atoms. The molecule has 1 aliphatic heterocycles. The molecule has 0 aromatic heterocycles. The molecule has 0 radical (unpaired) electrons. The predicted octanol–water partition coefficient (Wildman–Crippen LogP) is 2.22. The van der Waals surface area contributed by atoms with Gasteiger partial charge in [-0.05, 0) is 37.5 Å². The van der Waals surface area contributed by atoms with E-state index in [-0.39, 0.29) is 5.97 Å². The summed E-state index contributed by atoms with van der Waals surface area (Å²) >= 11 is 0. The number of fused-ring (bicyclic) bond motifs is 1. The summed E-state index contributed by atoms with van der Waals surface area (Å²) in [4.78, 5) is 11.5. The van der Waals surface area contributed by atoms with Gasteiger partial charge in [0.25, 0.3) is 0 Å². The van der Waals surface area contributed by atoms with Crippen LogP contribution in [0.4, 0.5) is 5.69 Å². The van der Waals surface area contributed by atoms with Crippen molar-refractivity contribution in [3.63, 3.8) is 0 Å². The molecule has 3 nitrogen and oxygen atoms in total. The molecule has 0 bridgehead atoms. The fraction of sp³-hybridized carbons (Fsp3) is 0.417. The molecule has 1 aliphatic rings. The van der Waals surface area contributed by atoms with Gasteiger partial charge in [-0.15, -0.1) is 0 Å². The topological polar surface area (TPSA) is 38.3 Å². The largest absolute Gasteiger partial charge is 0.465 e. The van der Waals surface area contributed by atoms with Crippen molar-refractivity contribution in [3.8, 4) is 0 Å². The third kappa shape index (κ3) is 1.82. The van der Waals surface area contributed by atoms with Crippen LogP contribution in [0.2, 0.25) is 0 Å².